The second-order valence-corrected chi connectivity index (χ2v) is 4.14. The third kappa shape index (κ3) is 4.01. The Kier molecular flexibility index (Phi) is 4.87. The van der Waals surface area contributed by atoms with E-state index >= 15 is 0 Å². The summed E-state index contributed by atoms with van der Waals surface area (Å²) in [7, 11) is 0. The van der Waals surface area contributed by atoms with E-state index in [9.17, 15) is 4.79 Å². The molecule has 0 fully saturated rings. The van der Waals surface area contributed by atoms with Crippen molar-refractivity contribution in [1.29, 1.82) is 0 Å². The molecule has 1 aromatic heterocycles. The van der Waals surface area contributed by atoms with E-state index in [4.69, 9.17) is 5.11 Å². The quantitative estimate of drug-likeness (QED) is 0.793. The van der Waals surface area contributed by atoms with Gasteiger partial charge in [-0.05, 0) is 25.8 Å². The molecule has 0 saturated carbocycles. The minimum Gasteiger partial charge on any atom is -0.480 e. The van der Waals surface area contributed by atoms with Gasteiger partial charge >= 0.3 is 5.97 Å². The zero-order valence-corrected chi connectivity index (χ0v) is 10.5. The molecular weight excluding hydrogens is 218 g/mol. The number of carbonyl (C=O) groups is 1. The molecule has 0 aromatic carbocycles. The van der Waals surface area contributed by atoms with E-state index < -0.39 is 12.0 Å². The predicted octanol–water partition coefficient (Wildman–Crippen LogP) is 2.15. The lowest BCUT2D eigenvalue weighted by atomic mass is 10.1. The molecule has 0 aliphatic heterocycles. The smallest absolute Gasteiger partial charge is 0.326 e. The van der Waals surface area contributed by atoms with Gasteiger partial charge in [0.25, 0.3) is 0 Å². The van der Waals surface area contributed by atoms with Gasteiger partial charge in [-0.15, -0.1) is 0 Å². The topological polar surface area (TPSA) is 75.1 Å². The lowest BCUT2D eigenvalue weighted by Crippen LogP contribution is -2.30. The third-order valence-electron chi connectivity index (χ3n) is 2.67. The lowest BCUT2D eigenvalue weighted by molar-refractivity contribution is -0.138. The highest BCUT2D eigenvalue weighted by molar-refractivity contribution is 5.76. The maximum atomic E-state index is 11.0. The van der Waals surface area contributed by atoms with Gasteiger partial charge < -0.3 is 10.4 Å². The Balaban J connectivity index is 2.71. The first kappa shape index (κ1) is 13.4. The summed E-state index contributed by atoms with van der Waals surface area (Å²) in [5.74, 6) is -0.475. The Hall–Kier alpha value is -1.65. The zero-order chi connectivity index (χ0) is 12.8. The molecule has 0 bridgehead atoms. The minimum atomic E-state index is -0.861. The molecule has 5 nitrogen and oxygen atoms in total. The third-order valence-corrected chi connectivity index (χ3v) is 2.67. The second kappa shape index (κ2) is 6.18. The maximum Gasteiger partial charge on any atom is 0.326 e. The summed E-state index contributed by atoms with van der Waals surface area (Å²) < 4.78 is 0. The van der Waals surface area contributed by atoms with Crippen molar-refractivity contribution >= 4 is 11.9 Å². The van der Waals surface area contributed by atoms with Gasteiger partial charge in [0.15, 0.2) is 0 Å². The van der Waals surface area contributed by atoms with Crippen LogP contribution in [0.1, 0.15) is 37.4 Å². The van der Waals surface area contributed by atoms with Crippen molar-refractivity contribution in [3.05, 3.63) is 17.5 Å². The Bertz CT molecular complexity index is 393. The van der Waals surface area contributed by atoms with Crippen LogP contribution >= 0.6 is 0 Å². The SMILES string of the molecule is CCCCC(Nc1ncc(C)c(C)n1)C(=O)O. The highest BCUT2D eigenvalue weighted by Gasteiger charge is 2.17. The lowest BCUT2D eigenvalue weighted by Gasteiger charge is -2.14. The van der Waals surface area contributed by atoms with Gasteiger partial charge in [-0.3, -0.25) is 0 Å². The van der Waals surface area contributed by atoms with Crippen LogP contribution < -0.4 is 5.32 Å². The molecule has 0 aliphatic rings. The standard InChI is InChI=1S/C12H19N3O2/c1-4-5-6-10(11(16)17)15-12-13-7-8(2)9(3)14-12/h7,10H,4-6H2,1-3H3,(H,16,17)(H,13,14,15). The fourth-order valence-electron chi connectivity index (χ4n) is 1.42. The Morgan fingerprint density at radius 1 is 1.53 bits per heavy atom. The van der Waals surface area contributed by atoms with Crippen LogP contribution in [0.5, 0.6) is 0 Å². The van der Waals surface area contributed by atoms with E-state index in [1.807, 2.05) is 20.8 Å². The van der Waals surface area contributed by atoms with E-state index in [-0.39, 0.29) is 0 Å². The molecule has 0 aliphatic carbocycles. The first-order valence-electron chi connectivity index (χ1n) is 5.84. The number of nitrogens with zero attached hydrogens (tertiary/aromatic N) is 2. The Morgan fingerprint density at radius 2 is 2.24 bits per heavy atom. The van der Waals surface area contributed by atoms with E-state index in [0.29, 0.717) is 12.4 Å². The van der Waals surface area contributed by atoms with Gasteiger partial charge in [-0.25, -0.2) is 14.8 Å². The van der Waals surface area contributed by atoms with Crippen molar-refractivity contribution in [1.82, 2.24) is 9.97 Å². The van der Waals surface area contributed by atoms with E-state index in [2.05, 4.69) is 15.3 Å². The molecule has 1 heterocycles. The Labute approximate surface area is 101 Å². The number of aryl methyl sites for hydroxylation is 2. The van der Waals surface area contributed by atoms with Crippen LogP contribution in [0.4, 0.5) is 5.95 Å². The first-order valence-corrected chi connectivity index (χ1v) is 5.84. The molecule has 0 amide bonds. The number of hydrogen-bond donors (Lipinski definition) is 2. The van der Waals surface area contributed by atoms with Crippen molar-refractivity contribution in [3.8, 4) is 0 Å². The number of carboxylic acids is 1. The van der Waals surface area contributed by atoms with Crippen LogP contribution in [-0.4, -0.2) is 27.1 Å². The van der Waals surface area contributed by atoms with Gasteiger partial charge in [0.05, 0.1) is 0 Å². The number of unbranched alkanes of at least 4 members (excludes halogenated alkanes) is 1. The van der Waals surface area contributed by atoms with E-state index in [0.717, 1.165) is 24.1 Å². The number of hydrogen-bond acceptors (Lipinski definition) is 4. The second-order valence-electron chi connectivity index (χ2n) is 4.14. The van der Waals surface area contributed by atoms with Crippen LogP contribution in [0, 0.1) is 13.8 Å². The summed E-state index contributed by atoms with van der Waals surface area (Å²) in [6.07, 6.45) is 4.12. The van der Waals surface area contributed by atoms with Gasteiger partial charge in [-0.2, -0.15) is 0 Å². The van der Waals surface area contributed by atoms with Crippen molar-refractivity contribution in [2.75, 3.05) is 5.32 Å². The number of anilines is 1. The van der Waals surface area contributed by atoms with Crippen LogP contribution in [0.2, 0.25) is 0 Å². The molecule has 5 heteroatoms. The predicted molar refractivity (Wildman–Crippen MR) is 66.1 cm³/mol. The number of aliphatic carboxylic acids is 1. The number of nitrogens with one attached hydrogen (secondary N) is 1. The van der Waals surface area contributed by atoms with Crippen molar-refractivity contribution < 1.29 is 9.90 Å². The van der Waals surface area contributed by atoms with Gasteiger partial charge in [0.1, 0.15) is 6.04 Å². The fraction of sp³-hybridized carbons (Fsp3) is 0.583. The molecule has 2 N–H and O–H groups in total. The van der Waals surface area contributed by atoms with Crippen LogP contribution in [0.15, 0.2) is 6.20 Å². The molecule has 0 spiro atoms. The molecule has 1 unspecified atom stereocenters. The zero-order valence-electron chi connectivity index (χ0n) is 10.5. The molecule has 94 valence electrons. The van der Waals surface area contributed by atoms with Gasteiger partial charge in [0, 0.05) is 11.9 Å². The summed E-state index contributed by atoms with van der Waals surface area (Å²) in [6, 6.07) is -0.614. The average molecular weight is 237 g/mol. The number of rotatable bonds is 6. The number of carboxylic acid groups (broad SMARTS) is 1. The summed E-state index contributed by atoms with van der Waals surface area (Å²) in [6.45, 7) is 5.83. The molecular formula is C12H19N3O2. The van der Waals surface area contributed by atoms with Crippen molar-refractivity contribution in [3.63, 3.8) is 0 Å². The van der Waals surface area contributed by atoms with Gasteiger partial charge in [-0.1, -0.05) is 19.8 Å². The van der Waals surface area contributed by atoms with Crippen molar-refractivity contribution in [2.24, 2.45) is 0 Å². The van der Waals surface area contributed by atoms with Crippen LogP contribution in [0.3, 0.4) is 0 Å². The minimum absolute atomic E-state index is 0.386. The van der Waals surface area contributed by atoms with E-state index in [1.54, 1.807) is 6.20 Å². The van der Waals surface area contributed by atoms with E-state index in [1.165, 1.54) is 0 Å². The molecule has 1 aromatic rings. The van der Waals surface area contributed by atoms with Crippen LogP contribution in [0.25, 0.3) is 0 Å². The van der Waals surface area contributed by atoms with Gasteiger partial charge in [0.2, 0.25) is 5.95 Å². The first-order chi connectivity index (χ1) is 8.04. The maximum absolute atomic E-state index is 11.0. The molecule has 0 saturated heterocycles. The van der Waals surface area contributed by atoms with Crippen molar-refractivity contribution in [2.45, 2.75) is 46.1 Å². The molecule has 0 radical (unpaired) electrons. The molecule has 1 rings (SSSR count). The monoisotopic (exact) mass is 237 g/mol. The number of aromatic nitrogens is 2. The molecule has 1 atom stereocenters. The highest BCUT2D eigenvalue weighted by Crippen LogP contribution is 2.09. The summed E-state index contributed by atoms with van der Waals surface area (Å²) in [5, 5.41) is 11.9. The summed E-state index contributed by atoms with van der Waals surface area (Å²) in [4.78, 5) is 19.3. The highest BCUT2D eigenvalue weighted by atomic mass is 16.4. The normalized spacial score (nSPS) is 12.2. The Morgan fingerprint density at radius 3 is 2.76 bits per heavy atom. The fourth-order valence-corrected chi connectivity index (χ4v) is 1.42. The van der Waals surface area contributed by atoms with Crippen LogP contribution in [-0.2, 0) is 4.79 Å². The average Bonchev–Trinajstić information content (AvgIpc) is 2.28. The largest absolute Gasteiger partial charge is 0.480 e. The summed E-state index contributed by atoms with van der Waals surface area (Å²) >= 11 is 0. The summed E-state index contributed by atoms with van der Waals surface area (Å²) in [5.41, 5.74) is 1.86. The molecule has 17 heavy (non-hydrogen) atoms.